The monoisotopic (exact) mass is 154 g/mol. The maximum atomic E-state index is 3.78. The van der Waals surface area contributed by atoms with Crippen LogP contribution in [0.1, 0.15) is 13.8 Å². The lowest BCUT2D eigenvalue weighted by Crippen LogP contribution is -2.55. The number of hydrogen-bond acceptors (Lipinski definition) is 2. The van der Waals surface area contributed by atoms with E-state index in [-0.39, 0.29) is 0 Å². The van der Waals surface area contributed by atoms with Crippen LogP contribution >= 0.6 is 0 Å². The summed E-state index contributed by atoms with van der Waals surface area (Å²) in [6, 6.07) is 0. The van der Waals surface area contributed by atoms with Crippen LogP contribution in [0.15, 0.2) is 12.8 Å². The third-order valence-electron chi connectivity index (χ3n) is 2.60. The number of nitrogens with zero attached hydrogens (tertiary/aromatic N) is 2. The standard InChI is InChI=1S/C9H18N2/c1-5-11-7-6-10(4)9(2,3)8-11/h5H,1,6-8H2,2-4H3. The van der Waals surface area contributed by atoms with Crippen LogP contribution in [0, 0.1) is 0 Å². The van der Waals surface area contributed by atoms with Gasteiger partial charge in [0.25, 0.3) is 0 Å². The van der Waals surface area contributed by atoms with E-state index in [1.807, 2.05) is 6.20 Å². The summed E-state index contributed by atoms with van der Waals surface area (Å²) in [5.74, 6) is 0. The fourth-order valence-electron chi connectivity index (χ4n) is 1.43. The Balaban J connectivity index is 2.58. The predicted molar refractivity (Wildman–Crippen MR) is 48.5 cm³/mol. The van der Waals surface area contributed by atoms with Crippen molar-refractivity contribution < 1.29 is 0 Å². The Morgan fingerprint density at radius 3 is 2.45 bits per heavy atom. The number of piperazine rings is 1. The van der Waals surface area contributed by atoms with Crippen molar-refractivity contribution >= 4 is 0 Å². The highest BCUT2D eigenvalue weighted by molar-refractivity contribution is 4.91. The molecule has 0 radical (unpaired) electrons. The molecular formula is C9H18N2. The molecule has 2 heteroatoms. The first-order valence-electron chi connectivity index (χ1n) is 4.14. The first-order chi connectivity index (χ1) is 5.06. The number of likely N-dealkylation sites (N-methyl/N-ethyl adjacent to an activating group) is 1. The van der Waals surface area contributed by atoms with Gasteiger partial charge in [0.15, 0.2) is 0 Å². The molecule has 0 atom stereocenters. The van der Waals surface area contributed by atoms with Crippen LogP contribution < -0.4 is 0 Å². The molecule has 1 heterocycles. The molecule has 0 N–H and O–H groups in total. The van der Waals surface area contributed by atoms with E-state index in [9.17, 15) is 0 Å². The Labute approximate surface area is 69.5 Å². The summed E-state index contributed by atoms with van der Waals surface area (Å²) in [4.78, 5) is 4.67. The van der Waals surface area contributed by atoms with Crippen LogP contribution in [0.3, 0.4) is 0 Å². The summed E-state index contributed by atoms with van der Waals surface area (Å²) < 4.78 is 0. The fraction of sp³-hybridized carbons (Fsp3) is 0.778. The zero-order valence-corrected chi connectivity index (χ0v) is 7.80. The highest BCUT2D eigenvalue weighted by Gasteiger charge is 2.29. The summed E-state index contributed by atoms with van der Waals surface area (Å²) in [6.07, 6.45) is 1.94. The van der Waals surface area contributed by atoms with Gasteiger partial charge >= 0.3 is 0 Å². The molecule has 0 spiro atoms. The lowest BCUT2D eigenvalue weighted by atomic mass is 10.0. The SMILES string of the molecule is C=CN1CCN(C)C(C)(C)C1. The molecule has 64 valence electrons. The molecule has 1 rings (SSSR count). The van der Waals surface area contributed by atoms with Gasteiger partial charge in [0.05, 0.1) is 0 Å². The molecule has 0 amide bonds. The zero-order chi connectivity index (χ0) is 8.48. The summed E-state index contributed by atoms with van der Waals surface area (Å²) in [5.41, 5.74) is 0.298. The molecule has 0 bridgehead atoms. The van der Waals surface area contributed by atoms with Crippen molar-refractivity contribution in [2.24, 2.45) is 0 Å². The average molecular weight is 154 g/mol. The molecule has 0 unspecified atom stereocenters. The molecule has 0 aromatic carbocycles. The fourth-order valence-corrected chi connectivity index (χ4v) is 1.43. The van der Waals surface area contributed by atoms with Crippen LogP contribution in [0.2, 0.25) is 0 Å². The van der Waals surface area contributed by atoms with Gasteiger partial charge in [0, 0.05) is 25.2 Å². The van der Waals surface area contributed by atoms with Crippen molar-refractivity contribution in [3.63, 3.8) is 0 Å². The number of rotatable bonds is 1. The summed E-state index contributed by atoms with van der Waals surface area (Å²) in [6.45, 7) is 11.7. The van der Waals surface area contributed by atoms with Gasteiger partial charge < -0.3 is 4.90 Å². The predicted octanol–water partition coefficient (Wildman–Crippen LogP) is 1.16. The maximum absolute atomic E-state index is 3.78. The molecule has 1 fully saturated rings. The Bertz CT molecular complexity index is 152. The highest BCUT2D eigenvalue weighted by atomic mass is 15.3. The van der Waals surface area contributed by atoms with Gasteiger partial charge in [-0.15, -0.1) is 0 Å². The van der Waals surface area contributed by atoms with Gasteiger partial charge in [-0.25, -0.2) is 0 Å². The highest BCUT2D eigenvalue weighted by Crippen LogP contribution is 2.18. The van der Waals surface area contributed by atoms with E-state index in [1.165, 1.54) is 0 Å². The Morgan fingerprint density at radius 1 is 1.36 bits per heavy atom. The number of hydrogen-bond donors (Lipinski definition) is 0. The summed E-state index contributed by atoms with van der Waals surface area (Å²) >= 11 is 0. The van der Waals surface area contributed by atoms with Crippen molar-refractivity contribution in [1.29, 1.82) is 0 Å². The van der Waals surface area contributed by atoms with Gasteiger partial charge in [-0.3, -0.25) is 4.90 Å². The van der Waals surface area contributed by atoms with Gasteiger partial charge in [0.2, 0.25) is 0 Å². The van der Waals surface area contributed by atoms with E-state index < -0.39 is 0 Å². The molecular weight excluding hydrogens is 136 g/mol. The normalized spacial score (nSPS) is 25.2. The van der Waals surface area contributed by atoms with Crippen LogP contribution in [-0.4, -0.2) is 42.0 Å². The van der Waals surface area contributed by atoms with Crippen LogP contribution in [0.4, 0.5) is 0 Å². The van der Waals surface area contributed by atoms with E-state index in [0.717, 1.165) is 19.6 Å². The van der Waals surface area contributed by atoms with E-state index in [1.54, 1.807) is 0 Å². The van der Waals surface area contributed by atoms with E-state index in [4.69, 9.17) is 0 Å². The summed E-state index contributed by atoms with van der Waals surface area (Å²) in [7, 11) is 2.18. The second-order valence-corrected chi connectivity index (χ2v) is 3.89. The molecule has 11 heavy (non-hydrogen) atoms. The first-order valence-corrected chi connectivity index (χ1v) is 4.14. The minimum Gasteiger partial charge on any atom is -0.375 e. The van der Waals surface area contributed by atoms with E-state index in [2.05, 4.69) is 37.3 Å². The Hall–Kier alpha value is -0.500. The molecule has 2 nitrogen and oxygen atoms in total. The van der Waals surface area contributed by atoms with Gasteiger partial charge in [-0.05, 0) is 27.1 Å². The van der Waals surface area contributed by atoms with Crippen molar-refractivity contribution in [2.45, 2.75) is 19.4 Å². The largest absolute Gasteiger partial charge is 0.375 e. The molecule has 1 saturated heterocycles. The smallest absolute Gasteiger partial charge is 0.0352 e. The summed E-state index contributed by atoms with van der Waals surface area (Å²) in [5, 5.41) is 0. The van der Waals surface area contributed by atoms with Crippen LogP contribution in [-0.2, 0) is 0 Å². The van der Waals surface area contributed by atoms with Crippen LogP contribution in [0.25, 0.3) is 0 Å². The minimum atomic E-state index is 0.298. The lowest BCUT2D eigenvalue weighted by molar-refractivity contribution is 0.0647. The van der Waals surface area contributed by atoms with Gasteiger partial charge in [-0.2, -0.15) is 0 Å². The first kappa shape index (κ1) is 8.60. The second kappa shape index (κ2) is 2.86. The quantitative estimate of drug-likeness (QED) is 0.559. The molecule has 0 saturated carbocycles. The maximum Gasteiger partial charge on any atom is 0.0352 e. The van der Waals surface area contributed by atoms with Crippen LogP contribution in [0.5, 0.6) is 0 Å². The Kier molecular flexibility index (Phi) is 2.23. The van der Waals surface area contributed by atoms with E-state index in [0.29, 0.717) is 5.54 Å². The molecule has 0 aliphatic carbocycles. The van der Waals surface area contributed by atoms with E-state index >= 15 is 0 Å². The average Bonchev–Trinajstić information content (AvgIpc) is 1.95. The molecule has 1 aliphatic rings. The third-order valence-corrected chi connectivity index (χ3v) is 2.60. The third kappa shape index (κ3) is 1.74. The zero-order valence-electron chi connectivity index (χ0n) is 7.80. The van der Waals surface area contributed by atoms with Crippen molar-refractivity contribution in [3.05, 3.63) is 12.8 Å². The van der Waals surface area contributed by atoms with Crippen molar-refractivity contribution in [3.8, 4) is 0 Å². The lowest BCUT2D eigenvalue weighted by Gasteiger charge is -2.44. The van der Waals surface area contributed by atoms with Crippen molar-refractivity contribution in [2.75, 3.05) is 26.7 Å². The van der Waals surface area contributed by atoms with Gasteiger partial charge in [0.1, 0.15) is 0 Å². The van der Waals surface area contributed by atoms with Crippen molar-refractivity contribution in [1.82, 2.24) is 9.80 Å². The minimum absolute atomic E-state index is 0.298. The topological polar surface area (TPSA) is 6.48 Å². The second-order valence-electron chi connectivity index (χ2n) is 3.89. The Morgan fingerprint density at radius 2 is 2.00 bits per heavy atom. The molecule has 0 aromatic heterocycles. The van der Waals surface area contributed by atoms with Gasteiger partial charge in [-0.1, -0.05) is 6.58 Å². The molecule has 0 aromatic rings. The molecule has 1 aliphatic heterocycles.